The van der Waals surface area contributed by atoms with Crippen molar-refractivity contribution in [1.29, 1.82) is 0 Å². The van der Waals surface area contributed by atoms with E-state index in [9.17, 15) is 19.2 Å². The topological polar surface area (TPSA) is 99.3 Å². The largest absolute Gasteiger partial charge is 0.453 e. The predicted molar refractivity (Wildman–Crippen MR) is 149 cm³/mol. The van der Waals surface area contributed by atoms with E-state index in [2.05, 4.69) is 5.32 Å². The first kappa shape index (κ1) is 27.7. The molecule has 9 nitrogen and oxygen atoms in total. The van der Waals surface area contributed by atoms with E-state index in [0.717, 1.165) is 43.2 Å². The molecule has 212 valence electrons. The molecular formula is C31H38N4O5. The van der Waals surface area contributed by atoms with Gasteiger partial charge in [0.05, 0.1) is 13.7 Å². The van der Waals surface area contributed by atoms with Crippen LogP contribution in [0.5, 0.6) is 0 Å². The van der Waals surface area contributed by atoms with Crippen molar-refractivity contribution in [2.24, 2.45) is 5.92 Å². The van der Waals surface area contributed by atoms with Crippen molar-refractivity contribution in [2.75, 3.05) is 26.7 Å². The minimum absolute atomic E-state index is 0.0241. The zero-order valence-corrected chi connectivity index (χ0v) is 23.0. The lowest BCUT2D eigenvalue weighted by molar-refractivity contribution is -0.156. The van der Waals surface area contributed by atoms with Gasteiger partial charge in [-0.3, -0.25) is 14.4 Å². The third-order valence-corrected chi connectivity index (χ3v) is 8.50. The Labute approximate surface area is 235 Å². The standard InChI is InChI=1S/C31H38N4O5/c1-40-31(39)32-28(24-15-9-4-10-16-24)30(38)34-21-27(36)35-25(19-23-13-7-3-8-14-23)29(37)33(20-26(34)35)18-17-22-11-5-2-6-12-22/h2-3,5-8,11-14,24-26,28H,4,9-10,15-21H2,1H3,(H,32,39)/t25-,26?,28-/m0/s1. The van der Waals surface area contributed by atoms with Crippen LogP contribution in [-0.2, 0) is 32.0 Å². The van der Waals surface area contributed by atoms with Gasteiger partial charge in [-0.25, -0.2) is 4.79 Å². The van der Waals surface area contributed by atoms with Crippen molar-refractivity contribution in [1.82, 2.24) is 20.0 Å². The number of methoxy groups -OCH3 is 1. The van der Waals surface area contributed by atoms with Gasteiger partial charge in [0, 0.05) is 13.0 Å². The molecule has 2 saturated heterocycles. The van der Waals surface area contributed by atoms with E-state index < -0.39 is 24.3 Å². The molecule has 9 heteroatoms. The van der Waals surface area contributed by atoms with Crippen molar-refractivity contribution in [3.05, 3.63) is 71.8 Å². The molecule has 1 aliphatic carbocycles. The lowest BCUT2D eigenvalue weighted by Crippen LogP contribution is -2.65. The molecule has 2 heterocycles. The lowest BCUT2D eigenvalue weighted by atomic mass is 9.83. The molecule has 1 saturated carbocycles. The van der Waals surface area contributed by atoms with Gasteiger partial charge >= 0.3 is 6.09 Å². The lowest BCUT2D eigenvalue weighted by Gasteiger charge is -2.45. The maximum absolute atomic E-state index is 14.1. The Morgan fingerprint density at radius 1 is 0.950 bits per heavy atom. The number of amides is 4. The number of alkyl carbamates (subject to hydrolysis) is 1. The van der Waals surface area contributed by atoms with E-state index in [0.29, 0.717) is 19.4 Å². The SMILES string of the molecule is COC(=O)N[C@H](C(=O)N1CC(=O)N2C1CN(CCc1ccccc1)C(=O)[C@@H]2Cc1ccccc1)C1CCCCC1. The Morgan fingerprint density at radius 2 is 1.60 bits per heavy atom. The summed E-state index contributed by atoms with van der Waals surface area (Å²) in [6.07, 6.45) is 4.55. The first-order valence-electron chi connectivity index (χ1n) is 14.3. The number of piperazine rings is 1. The highest BCUT2D eigenvalue weighted by Gasteiger charge is 2.52. The first-order chi connectivity index (χ1) is 19.5. The van der Waals surface area contributed by atoms with E-state index in [1.807, 2.05) is 60.7 Å². The zero-order chi connectivity index (χ0) is 28.1. The number of nitrogens with zero attached hydrogens (tertiary/aromatic N) is 3. The van der Waals surface area contributed by atoms with Crippen LogP contribution in [0.15, 0.2) is 60.7 Å². The summed E-state index contributed by atoms with van der Waals surface area (Å²) in [6, 6.07) is 18.2. The molecule has 40 heavy (non-hydrogen) atoms. The summed E-state index contributed by atoms with van der Waals surface area (Å²) in [5.74, 6) is -0.649. The minimum atomic E-state index is -0.775. The molecule has 2 aliphatic heterocycles. The van der Waals surface area contributed by atoms with Crippen LogP contribution in [0.1, 0.15) is 43.2 Å². The van der Waals surface area contributed by atoms with Crippen molar-refractivity contribution in [2.45, 2.75) is 63.2 Å². The molecule has 0 bridgehead atoms. The van der Waals surface area contributed by atoms with Gasteiger partial charge in [-0.1, -0.05) is 79.9 Å². The van der Waals surface area contributed by atoms with E-state index in [1.54, 1.807) is 14.7 Å². The van der Waals surface area contributed by atoms with Crippen LogP contribution >= 0.6 is 0 Å². The summed E-state index contributed by atoms with van der Waals surface area (Å²) in [6.45, 7) is 0.617. The highest BCUT2D eigenvalue weighted by atomic mass is 16.5. The number of carbonyl (C=O) groups is 4. The maximum Gasteiger partial charge on any atom is 0.407 e. The summed E-state index contributed by atoms with van der Waals surface area (Å²) in [4.78, 5) is 58.7. The summed E-state index contributed by atoms with van der Waals surface area (Å²) in [7, 11) is 1.28. The number of rotatable bonds is 8. The van der Waals surface area contributed by atoms with E-state index in [-0.39, 0.29) is 36.7 Å². The third-order valence-electron chi connectivity index (χ3n) is 8.50. The number of ether oxygens (including phenoxy) is 1. The molecular weight excluding hydrogens is 508 g/mol. The maximum atomic E-state index is 14.1. The van der Waals surface area contributed by atoms with Crippen molar-refractivity contribution >= 4 is 23.8 Å². The Balaban J connectivity index is 1.42. The molecule has 0 spiro atoms. The summed E-state index contributed by atoms with van der Waals surface area (Å²) in [5.41, 5.74) is 2.07. The summed E-state index contributed by atoms with van der Waals surface area (Å²) >= 11 is 0. The molecule has 1 N–H and O–H groups in total. The van der Waals surface area contributed by atoms with Gasteiger partial charge in [0.2, 0.25) is 17.7 Å². The number of fused-ring (bicyclic) bond motifs is 1. The quantitative estimate of drug-likeness (QED) is 0.549. The summed E-state index contributed by atoms with van der Waals surface area (Å²) < 4.78 is 4.85. The second-order valence-corrected chi connectivity index (χ2v) is 11.0. The van der Waals surface area contributed by atoms with Crippen LogP contribution in [0, 0.1) is 5.92 Å². The summed E-state index contributed by atoms with van der Waals surface area (Å²) in [5, 5.41) is 2.78. The number of hydrogen-bond donors (Lipinski definition) is 1. The smallest absolute Gasteiger partial charge is 0.407 e. The van der Waals surface area contributed by atoms with Gasteiger partial charge in [0.1, 0.15) is 24.8 Å². The molecule has 3 aliphatic rings. The highest BCUT2D eigenvalue weighted by Crippen LogP contribution is 2.32. The number of benzene rings is 2. The van der Waals surface area contributed by atoms with Gasteiger partial charge in [-0.2, -0.15) is 0 Å². The normalized spacial score (nSPS) is 22.2. The molecule has 4 amide bonds. The molecule has 5 rings (SSSR count). The Hall–Kier alpha value is -3.88. The third kappa shape index (κ3) is 5.98. The van der Waals surface area contributed by atoms with E-state index in [1.165, 1.54) is 7.11 Å². The van der Waals surface area contributed by atoms with Gasteiger partial charge < -0.3 is 24.8 Å². The van der Waals surface area contributed by atoms with Crippen molar-refractivity contribution in [3.8, 4) is 0 Å². The number of nitrogens with one attached hydrogen (secondary N) is 1. The van der Waals surface area contributed by atoms with Crippen LogP contribution in [0.3, 0.4) is 0 Å². The Morgan fingerprint density at radius 3 is 2.25 bits per heavy atom. The molecule has 2 aromatic carbocycles. The first-order valence-corrected chi connectivity index (χ1v) is 14.3. The van der Waals surface area contributed by atoms with Crippen LogP contribution < -0.4 is 5.32 Å². The number of hydrogen-bond acceptors (Lipinski definition) is 5. The second kappa shape index (κ2) is 12.5. The fourth-order valence-corrected chi connectivity index (χ4v) is 6.41. The molecule has 0 aromatic heterocycles. The molecule has 3 fully saturated rings. The average molecular weight is 547 g/mol. The monoisotopic (exact) mass is 546 g/mol. The fraction of sp³-hybridized carbons (Fsp3) is 0.484. The van der Waals surface area contributed by atoms with Crippen LogP contribution in [0.25, 0.3) is 0 Å². The van der Waals surface area contributed by atoms with E-state index >= 15 is 0 Å². The number of carbonyl (C=O) groups excluding carboxylic acids is 4. The molecule has 3 atom stereocenters. The van der Waals surface area contributed by atoms with Gasteiger partial charge in [-0.15, -0.1) is 0 Å². The van der Waals surface area contributed by atoms with Gasteiger partial charge in [0.25, 0.3) is 0 Å². The fourth-order valence-electron chi connectivity index (χ4n) is 6.41. The predicted octanol–water partition coefficient (Wildman–Crippen LogP) is 2.98. The molecule has 0 radical (unpaired) electrons. The van der Waals surface area contributed by atoms with Crippen molar-refractivity contribution in [3.63, 3.8) is 0 Å². The zero-order valence-electron chi connectivity index (χ0n) is 23.0. The van der Waals surface area contributed by atoms with Crippen LogP contribution in [0.2, 0.25) is 0 Å². The Kier molecular flexibility index (Phi) is 8.67. The minimum Gasteiger partial charge on any atom is -0.453 e. The van der Waals surface area contributed by atoms with E-state index in [4.69, 9.17) is 4.74 Å². The second-order valence-electron chi connectivity index (χ2n) is 11.0. The highest BCUT2D eigenvalue weighted by molar-refractivity contribution is 5.96. The average Bonchev–Trinajstić information content (AvgIpc) is 3.33. The molecule has 1 unspecified atom stereocenters. The van der Waals surface area contributed by atoms with Gasteiger partial charge in [-0.05, 0) is 36.3 Å². The van der Waals surface area contributed by atoms with Gasteiger partial charge in [0.15, 0.2) is 0 Å². The van der Waals surface area contributed by atoms with Crippen LogP contribution in [0.4, 0.5) is 4.79 Å². The van der Waals surface area contributed by atoms with Crippen LogP contribution in [-0.4, -0.2) is 83.5 Å². The Bertz CT molecular complexity index is 1200. The molecule has 2 aromatic rings. The van der Waals surface area contributed by atoms with Crippen molar-refractivity contribution < 1.29 is 23.9 Å².